The Labute approximate surface area is 97.9 Å². The molecular formula is C11H13N3OS. The van der Waals surface area contributed by atoms with Gasteiger partial charge in [-0.25, -0.2) is 4.98 Å². The third kappa shape index (κ3) is 1.78. The summed E-state index contributed by atoms with van der Waals surface area (Å²) in [6, 6.07) is 2.00. The molecule has 2 heterocycles. The van der Waals surface area contributed by atoms with E-state index >= 15 is 0 Å². The highest BCUT2D eigenvalue weighted by Gasteiger charge is 2.16. The Hall–Kier alpha value is -1.49. The van der Waals surface area contributed by atoms with Crippen molar-refractivity contribution in [3.63, 3.8) is 0 Å². The van der Waals surface area contributed by atoms with E-state index in [-0.39, 0.29) is 5.91 Å². The van der Waals surface area contributed by atoms with Crippen LogP contribution >= 0.6 is 11.5 Å². The molecule has 0 bridgehead atoms. The van der Waals surface area contributed by atoms with E-state index in [9.17, 15) is 4.79 Å². The largest absolute Gasteiger partial charge is 0.351 e. The summed E-state index contributed by atoms with van der Waals surface area (Å²) in [6.45, 7) is 6.42. The van der Waals surface area contributed by atoms with Crippen molar-refractivity contribution in [2.24, 2.45) is 0 Å². The summed E-state index contributed by atoms with van der Waals surface area (Å²) in [6.07, 6.45) is 0. The molecule has 0 spiro atoms. The number of carbonyl (C=O) groups excluding carboxylic acids is 1. The van der Waals surface area contributed by atoms with E-state index in [1.54, 1.807) is 0 Å². The van der Waals surface area contributed by atoms with Crippen molar-refractivity contribution in [1.82, 2.24) is 14.7 Å². The number of pyridine rings is 1. The molecule has 4 nitrogen and oxygen atoms in total. The first kappa shape index (κ1) is 11.0. The Bertz CT molecular complexity index is 547. The van der Waals surface area contributed by atoms with Crippen LogP contribution in [0.15, 0.2) is 6.07 Å². The van der Waals surface area contributed by atoms with Crippen LogP contribution in [0.2, 0.25) is 0 Å². The van der Waals surface area contributed by atoms with Crippen molar-refractivity contribution in [1.29, 1.82) is 0 Å². The Morgan fingerprint density at radius 2 is 2.25 bits per heavy atom. The van der Waals surface area contributed by atoms with Crippen LogP contribution in [0.25, 0.3) is 10.2 Å². The molecule has 1 amide bonds. The molecule has 0 fully saturated rings. The number of aromatic nitrogens is 2. The molecule has 2 aromatic heterocycles. The van der Waals surface area contributed by atoms with Gasteiger partial charge in [-0.2, -0.15) is 4.37 Å². The third-order valence-corrected chi connectivity index (χ3v) is 3.26. The van der Waals surface area contributed by atoms with Crippen LogP contribution in [0.4, 0.5) is 0 Å². The monoisotopic (exact) mass is 235 g/mol. The minimum Gasteiger partial charge on any atom is -0.351 e. The lowest BCUT2D eigenvalue weighted by molar-refractivity contribution is 0.0953. The number of nitrogens with zero attached hydrogens (tertiary/aromatic N) is 2. The van der Waals surface area contributed by atoms with Gasteiger partial charge < -0.3 is 5.32 Å². The van der Waals surface area contributed by atoms with Crippen LogP contribution < -0.4 is 5.32 Å². The van der Waals surface area contributed by atoms with Gasteiger partial charge in [0.2, 0.25) is 0 Å². The van der Waals surface area contributed by atoms with Crippen molar-refractivity contribution in [2.75, 3.05) is 6.54 Å². The summed E-state index contributed by atoms with van der Waals surface area (Å²) in [7, 11) is 0. The van der Waals surface area contributed by atoms with Crippen LogP contribution in [0.5, 0.6) is 0 Å². The number of nitrogens with one attached hydrogen (secondary N) is 1. The lowest BCUT2D eigenvalue weighted by Crippen LogP contribution is -2.23. The van der Waals surface area contributed by atoms with Crippen LogP contribution in [0, 0.1) is 13.8 Å². The molecule has 5 heteroatoms. The minimum absolute atomic E-state index is 0.147. The molecule has 0 unspecified atom stereocenters. The van der Waals surface area contributed by atoms with E-state index in [0.717, 1.165) is 16.0 Å². The van der Waals surface area contributed by atoms with Gasteiger partial charge in [0.05, 0.1) is 4.70 Å². The van der Waals surface area contributed by atoms with Crippen molar-refractivity contribution in [3.8, 4) is 0 Å². The highest BCUT2D eigenvalue weighted by atomic mass is 32.1. The van der Waals surface area contributed by atoms with E-state index in [0.29, 0.717) is 17.8 Å². The number of fused-ring (bicyclic) bond motifs is 1. The zero-order valence-electron chi connectivity index (χ0n) is 9.50. The van der Waals surface area contributed by atoms with Crippen LogP contribution in [0.3, 0.4) is 0 Å². The fourth-order valence-electron chi connectivity index (χ4n) is 1.63. The Morgan fingerprint density at radius 3 is 2.94 bits per heavy atom. The lowest BCUT2D eigenvalue weighted by atomic mass is 10.2. The predicted molar refractivity (Wildman–Crippen MR) is 64.9 cm³/mol. The summed E-state index contributed by atoms with van der Waals surface area (Å²) in [5, 5.41) is 2.74. The number of amides is 1. The zero-order valence-corrected chi connectivity index (χ0v) is 10.3. The number of carbonyl (C=O) groups is 1. The minimum atomic E-state index is -0.147. The number of hydrogen-bond donors (Lipinski definition) is 1. The Balaban J connectivity index is 2.60. The van der Waals surface area contributed by atoms with Crippen LogP contribution in [0.1, 0.15) is 28.7 Å². The van der Waals surface area contributed by atoms with E-state index in [2.05, 4.69) is 14.7 Å². The van der Waals surface area contributed by atoms with Gasteiger partial charge in [0, 0.05) is 12.2 Å². The molecule has 0 atom stereocenters. The molecule has 0 aliphatic heterocycles. The van der Waals surface area contributed by atoms with Gasteiger partial charge in [-0.05, 0) is 43.9 Å². The first-order valence-corrected chi connectivity index (χ1v) is 5.92. The summed E-state index contributed by atoms with van der Waals surface area (Å²) in [4.78, 5) is 16.1. The van der Waals surface area contributed by atoms with E-state index in [1.165, 1.54) is 11.5 Å². The SMILES string of the molecule is CCNC(=O)c1nsc2c(C)cc(C)nc12. The number of aryl methyl sites for hydroxylation is 2. The molecule has 0 aliphatic rings. The zero-order chi connectivity index (χ0) is 11.7. The van der Waals surface area contributed by atoms with E-state index < -0.39 is 0 Å². The quantitative estimate of drug-likeness (QED) is 0.866. The normalized spacial score (nSPS) is 10.7. The Kier molecular flexibility index (Phi) is 2.87. The van der Waals surface area contributed by atoms with Crippen molar-refractivity contribution in [3.05, 3.63) is 23.0 Å². The average molecular weight is 235 g/mol. The van der Waals surface area contributed by atoms with Crippen LogP contribution in [-0.4, -0.2) is 21.8 Å². The second-order valence-electron chi connectivity index (χ2n) is 3.65. The first-order chi connectivity index (χ1) is 7.63. The molecule has 16 heavy (non-hydrogen) atoms. The molecular weight excluding hydrogens is 222 g/mol. The molecule has 2 rings (SSSR count). The number of hydrogen-bond acceptors (Lipinski definition) is 4. The second kappa shape index (κ2) is 4.17. The molecule has 2 aromatic rings. The summed E-state index contributed by atoms with van der Waals surface area (Å²) in [5.41, 5.74) is 3.19. The first-order valence-electron chi connectivity index (χ1n) is 5.15. The number of rotatable bonds is 2. The molecule has 0 aromatic carbocycles. The maximum absolute atomic E-state index is 11.7. The molecule has 84 valence electrons. The second-order valence-corrected chi connectivity index (χ2v) is 4.42. The van der Waals surface area contributed by atoms with Gasteiger partial charge >= 0.3 is 0 Å². The smallest absolute Gasteiger partial charge is 0.273 e. The van der Waals surface area contributed by atoms with Gasteiger partial charge in [0.25, 0.3) is 5.91 Å². The molecule has 0 saturated heterocycles. The van der Waals surface area contributed by atoms with Crippen molar-refractivity contribution < 1.29 is 4.79 Å². The van der Waals surface area contributed by atoms with E-state index in [4.69, 9.17) is 0 Å². The van der Waals surface area contributed by atoms with Gasteiger partial charge in [-0.15, -0.1) is 0 Å². The molecule has 0 saturated carbocycles. The van der Waals surface area contributed by atoms with Gasteiger partial charge in [-0.1, -0.05) is 0 Å². The van der Waals surface area contributed by atoms with Gasteiger partial charge in [0.15, 0.2) is 5.69 Å². The third-order valence-electron chi connectivity index (χ3n) is 2.29. The lowest BCUT2D eigenvalue weighted by Gasteiger charge is -2.00. The highest BCUT2D eigenvalue weighted by Crippen LogP contribution is 2.24. The maximum Gasteiger partial charge on any atom is 0.273 e. The maximum atomic E-state index is 11.7. The molecule has 0 radical (unpaired) electrons. The molecule has 1 N–H and O–H groups in total. The standard InChI is InChI=1S/C11H13N3OS/c1-4-12-11(15)9-8-10(16-14-9)6(2)5-7(3)13-8/h5H,4H2,1-3H3,(H,12,15). The van der Waals surface area contributed by atoms with E-state index in [1.807, 2.05) is 26.8 Å². The van der Waals surface area contributed by atoms with Gasteiger partial charge in [0.1, 0.15) is 5.52 Å². The topological polar surface area (TPSA) is 54.9 Å². The Morgan fingerprint density at radius 1 is 1.50 bits per heavy atom. The fraction of sp³-hybridized carbons (Fsp3) is 0.364. The summed E-state index contributed by atoms with van der Waals surface area (Å²) < 4.78 is 5.18. The molecule has 0 aliphatic carbocycles. The summed E-state index contributed by atoms with van der Waals surface area (Å²) in [5.74, 6) is -0.147. The highest BCUT2D eigenvalue weighted by molar-refractivity contribution is 7.13. The van der Waals surface area contributed by atoms with Crippen molar-refractivity contribution >= 4 is 27.7 Å². The van der Waals surface area contributed by atoms with Crippen molar-refractivity contribution in [2.45, 2.75) is 20.8 Å². The average Bonchev–Trinajstić information content (AvgIpc) is 2.61. The summed E-state index contributed by atoms with van der Waals surface area (Å²) >= 11 is 1.33. The van der Waals surface area contributed by atoms with Gasteiger partial charge in [-0.3, -0.25) is 4.79 Å². The predicted octanol–water partition coefficient (Wildman–Crippen LogP) is 2.06. The van der Waals surface area contributed by atoms with Crippen LogP contribution in [-0.2, 0) is 0 Å². The fourth-order valence-corrected chi connectivity index (χ4v) is 2.41.